The van der Waals surface area contributed by atoms with Crippen LogP contribution in [0.2, 0.25) is 0 Å². The van der Waals surface area contributed by atoms with Crippen LogP contribution in [0, 0.1) is 0 Å². The van der Waals surface area contributed by atoms with Crippen LogP contribution in [-0.4, -0.2) is 20.8 Å². The lowest BCUT2D eigenvalue weighted by Gasteiger charge is -2.08. The SMILES string of the molecule is CCc1cc2c(cc1CC)CC(OS(C)(=O)=O)C2. The molecule has 0 amide bonds. The van der Waals surface area contributed by atoms with Gasteiger partial charge in [-0.3, -0.25) is 4.18 Å². The monoisotopic (exact) mass is 268 g/mol. The molecule has 18 heavy (non-hydrogen) atoms. The first-order valence-electron chi connectivity index (χ1n) is 6.44. The molecule has 1 aromatic rings. The molecule has 0 fully saturated rings. The lowest BCUT2D eigenvalue weighted by Crippen LogP contribution is -2.17. The van der Waals surface area contributed by atoms with E-state index in [4.69, 9.17) is 4.18 Å². The minimum absolute atomic E-state index is 0.216. The highest BCUT2D eigenvalue weighted by atomic mass is 32.2. The van der Waals surface area contributed by atoms with E-state index in [2.05, 4.69) is 26.0 Å². The standard InChI is InChI=1S/C14H20O3S/c1-4-10-6-12-8-14(17-18(3,15)16)9-13(12)7-11(10)5-2/h6-7,14H,4-5,8-9H2,1-3H3. The van der Waals surface area contributed by atoms with Crippen LogP contribution in [0.25, 0.3) is 0 Å². The van der Waals surface area contributed by atoms with E-state index in [1.54, 1.807) is 0 Å². The Kier molecular flexibility index (Phi) is 3.78. The van der Waals surface area contributed by atoms with Crippen molar-refractivity contribution in [2.24, 2.45) is 0 Å². The van der Waals surface area contributed by atoms with E-state index in [1.807, 2.05) is 0 Å². The van der Waals surface area contributed by atoms with Gasteiger partial charge >= 0.3 is 0 Å². The fourth-order valence-electron chi connectivity index (χ4n) is 2.71. The summed E-state index contributed by atoms with van der Waals surface area (Å²) in [5, 5.41) is 0. The molecule has 0 spiro atoms. The van der Waals surface area contributed by atoms with E-state index in [-0.39, 0.29) is 6.10 Å². The van der Waals surface area contributed by atoms with Crippen LogP contribution in [-0.2, 0) is 40.0 Å². The average molecular weight is 268 g/mol. The molecule has 0 saturated carbocycles. The van der Waals surface area contributed by atoms with Gasteiger partial charge in [-0.1, -0.05) is 26.0 Å². The third-order valence-electron chi connectivity index (χ3n) is 3.49. The molecule has 0 radical (unpaired) electrons. The van der Waals surface area contributed by atoms with Gasteiger partial charge in [0.25, 0.3) is 10.1 Å². The van der Waals surface area contributed by atoms with Crippen molar-refractivity contribution in [1.82, 2.24) is 0 Å². The zero-order valence-corrected chi connectivity index (χ0v) is 12.0. The van der Waals surface area contributed by atoms with E-state index in [0.717, 1.165) is 19.1 Å². The maximum Gasteiger partial charge on any atom is 0.264 e. The quantitative estimate of drug-likeness (QED) is 0.787. The normalized spacial score (nSPS) is 15.9. The highest BCUT2D eigenvalue weighted by Crippen LogP contribution is 2.28. The van der Waals surface area contributed by atoms with Gasteiger partial charge in [0, 0.05) is 12.8 Å². The third-order valence-corrected chi connectivity index (χ3v) is 4.11. The Morgan fingerprint density at radius 3 is 1.89 bits per heavy atom. The van der Waals surface area contributed by atoms with Gasteiger partial charge in [-0.15, -0.1) is 0 Å². The van der Waals surface area contributed by atoms with Crippen LogP contribution in [0.15, 0.2) is 12.1 Å². The Balaban J connectivity index is 2.24. The molecule has 1 aromatic carbocycles. The molecular formula is C14H20O3S. The summed E-state index contributed by atoms with van der Waals surface area (Å²) in [5.41, 5.74) is 5.24. The molecule has 4 heteroatoms. The second kappa shape index (κ2) is 5.02. The maximum atomic E-state index is 11.2. The highest BCUT2D eigenvalue weighted by Gasteiger charge is 2.26. The van der Waals surface area contributed by atoms with Gasteiger partial charge in [0.15, 0.2) is 0 Å². The molecule has 0 saturated heterocycles. The fraction of sp³-hybridized carbons (Fsp3) is 0.571. The summed E-state index contributed by atoms with van der Waals surface area (Å²) in [7, 11) is -3.36. The largest absolute Gasteiger partial charge is 0.266 e. The van der Waals surface area contributed by atoms with E-state index in [0.29, 0.717) is 12.8 Å². The van der Waals surface area contributed by atoms with E-state index >= 15 is 0 Å². The predicted molar refractivity (Wildman–Crippen MR) is 72.3 cm³/mol. The van der Waals surface area contributed by atoms with Crippen LogP contribution < -0.4 is 0 Å². The van der Waals surface area contributed by atoms with Crippen molar-refractivity contribution in [2.45, 2.75) is 45.6 Å². The Bertz CT molecular complexity index is 513. The number of rotatable bonds is 4. The van der Waals surface area contributed by atoms with Crippen molar-refractivity contribution in [2.75, 3.05) is 6.26 Å². The molecule has 100 valence electrons. The Hall–Kier alpha value is -0.870. The first-order chi connectivity index (χ1) is 8.43. The lowest BCUT2D eigenvalue weighted by atomic mass is 9.97. The molecule has 3 nitrogen and oxygen atoms in total. The van der Waals surface area contributed by atoms with Crippen molar-refractivity contribution in [3.63, 3.8) is 0 Å². The lowest BCUT2D eigenvalue weighted by molar-refractivity contribution is 0.223. The molecule has 0 heterocycles. The zero-order valence-electron chi connectivity index (χ0n) is 11.2. The van der Waals surface area contributed by atoms with Gasteiger partial charge in [0.05, 0.1) is 12.4 Å². The third kappa shape index (κ3) is 2.93. The molecule has 0 N–H and O–H groups in total. The molecule has 0 bridgehead atoms. The topological polar surface area (TPSA) is 43.4 Å². The second-order valence-corrected chi connectivity index (χ2v) is 6.53. The van der Waals surface area contributed by atoms with E-state index in [9.17, 15) is 8.42 Å². The van der Waals surface area contributed by atoms with Crippen molar-refractivity contribution in [3.8, 4) is 0 Å². The Morgan fingerprint density at radius 2 is 1.56 bits per heavy atom. The molecule has 1 aliphatic carbocycles. The van der Waals surface area contributed by atoms with Gasteiger partial charge < -0.3 is 0 Å². The summed E-state index contributed by atoms with van der Waals surface area (Å²) in [6.45, 7) is 4.31. The zero-order chi connectivity index (χ0) is 13.3. The van der Waals surface area contributed by atoms with Gasteiger partial charge in [0.1, 0.15) is 0 Å². The van der Waals surface area contributed by atoms with Crippen LogP contribution in [0.5, 0.6) is 0 Å². The number of hydrogen-bond donors (Lipinski definition) is 0. The minimum Gasteiger partial charge on any atom is -0.266 e. The predicted octanol–water partition coefficient (Wildman–Crippen LogP) is 2.25. The highest BCUT2D eigenvalue weighted by molar-refractivity contribution is 7.86. The first-order valence-corrected chi connectivity index (χ1v) is 8.26. The summed E-state index contributed by atoms with van der Waals surface area (Å²) < 4.78 is 27.4. The number of aryl methyl sites for hydroxylation is 2. The summed E-state index contributed by atoms with van der Waals surface area (Å²) in [4.78, 5) is 0. The maximum absolute atomic E-state index is 11.2. The number of fused-ring (bicyclic) bond motifs is 1. The van der Waals surface area contributed by atoms with Crippen LogP contribution in [0.3, 0.4) is 0 Å². The first kappa shape index (κ1) is 13.6. The molecule has 0 aromatic heterocycles. The minimum atomic E-state index is -3.36. The molecule has 0 atom stereocenters. The van der Waals surface area contributed by atoms with E-state index in [1.165, 1.54) is 22.3 Å². The molecule has 1 aliphatic rings. The van der Waals surface area contributed by atoms with Crippen LogP contribution >= 0.6 is 0 Å². The fourth-order valence-corrected chi connectivity index (χ4v) is 3.34. The molecule has 2 rings (SSSR count). The van der Waals surface area contributed by atoms with Crippen molar-refractivity contribution < 1.29 is 12.6 Å². The smallest absolute Gasteiger partial charge is 0.264 e. The average Bonchev–Trinajstić information content (AvgIpc) is 2.65. The molecule has 0 unspecified atom stereocenters. The van der Waals surface area contributed by atoms with Gasteiger partial charge in [-0.05, 0) is 35.1 Å². The second-order valence-electron chi connectivity index (χ2n) is 4.93. The van der Waals surface area contributed by atoms with Crippen molar-refractivity contribution in [1.29, 1.82) is 0 Å². The van der Waals surface area contributed by atoms with Gasteiger partial charge in [-0.2, -0.15) is 8.42 Å². The Labute approximate surface area is 109 Å². The summed E-state index contributed by atoms with van der Waals surface area (Å²) in [6.07, 6.45) is 4.36. The molecular weight excluding hydrogens is 248 g/mol. The molecule has 0 aliphatic heterocycles. The van der Waals surface area contributed by atoms with Gasteiger partial charge in [0.2, 0.25) is 0 Å². The van der Waals surface area contributed by atoms with Crippen molar-refractivity contribution in [3.05, 3.63) is 34.4 Å². The van der Waals surface area contributed by atoms with Crippen LogP contribution in [0.1, 0.15) is 36.1 Å². The Morgan fingerprint density at radius 1 is 1.11 bits per heavy atom. The summed E-state index contributed by atoms with van der Waals surface area (Å²) in [5.74, 6) is 0. The summed E-state index contributed by atoms with van der Waals surface area (Å²) >= 11 is 0. The number of hydrogen-bond acceptors (Lipinski definition) is 3. The van der Waals surface area contributed by atoms with Crippen LogP contribution in [0.4, 0.5) is 0 Å². The van der Waals surface area contributed by atoms with Gasteiger partial charge in [-0.25, -0.2) is 0 Å². The summed E-state index contributed by atoms with van der Waals surface area (Å²) in [6, 6.07) is 4.44. The number of benzene rings is 1. The van der Waals surface area contributed by atoms with E-state index < -0.39 is 10.1 Å². The van der Waals surface area contributed by atoms with Crippen molar-refractivity contribution >= 4 is 10.1 Å².